The van der Waals surface area contributed by atoms with Crippen LogP contribution in [0.1, 0.15) is 75.0 Å². The van der Waals surface area contributed by atoms with Crippen molar-refractivity contribution in [2.45, 2.75) is 80.3 Å². The van der Waals surface area contributed by atoms with Crippen LogP contribution in [-0.4, -0.2) is 0 Å². The van der Waals surface area contributed by atoms with Gasteiger partial charge in [0, 0.05) is 58.9 Å². The molecule has 0 amide bonds. The quantitative estimate of drug-likeness (QED) is 0.145. The van der Waals surface area contributed by atoms with E-state index in [4.69, 9.17) is 18.9 Å². The van der Waals surface area contributed by atoms with Crippen LogP contribution in [0.3, 0.4) is 0 Å². The summed E-state index contributed by atoms with van der Waals surface area (Å²) in [4.78, 5) is 0. The summed E-state index contributed by atoms with van der Waals surface area (Å²) in [5.74, 6) is 4.03. The molecule has 4 unspecified atom stereocenters. The Balaban J connectivity index is 0.0000000975. The van der Waals surface area contributed by atoms with Gasteiger partial charge in [-0.25, -0.2) is 0 Å². The molecule has 0 fully saturated rings. The first-order chi connectivity index (χ1) is 27.1. The second kappa shape index (κ2) is 13.8. The summed E-state index contributed by atoms with van der Waals surface area (Å²) in [5, 5.41) is 5.07. The first-order valence-corrected chi connectivity index (χ1v) is 19.5. The van der Waals surface area contributed by atoms with Gasteiger partial charge >= 0.3 is 0 Å². The average Bonchev–Trinajstić information content (AvgIpc) is 3.94. The van der Waals surface area contributed by atoms with Gasteiger partial charge in [0.2, 0.25) is 5.75 Å². The fraction of sp³-hybridized carbons (Fsp3) is 0.250. The predicted octanol–water partition coefficient (Wildman–Crippen LogP) is 9.39. The van der Waals surface area contributed by atoms with E-state index >= 15 is 0 Å². The van der Waals surface area contributed by atoms with E-state index in [0.717, 1.165) is 23.0 Å². The van der Waals surface area contributed by atoms with Crippen LogP contribution in [0.5, 0.6) is 23.0 Å². The zero-order valence-electron chi connectivity index (χ0n) is 33.3. The van der Waals surface area contributed by atoms with E-state index in [1.807, 2.05) is 24.3 Å². The van der Waals surface area contributed by atoms with Crippen LogP contribution in [-0.2, 0) is 0 Å². The molecule has 8 aromatic rings. The number of para-hydroxylation sites is 2. The molecule has 0 radical (unpaired) electrons. The Hall–Kier alpha value is -6.28. The molecule has 0 spiro atoms. The molecule has 4 aliphatic rings. The lowest BCUT2D eigenvalue weighted by Crippen LogP contribution is -2.39. The Morgan fingerprint density at radius 2 is 0.893 bits per heavy atom. The van der Waals surface area contributed by atoms with Gasteiger partial charge in [-0.05, 0) is 92.1 Å². The third-order valence-corrected chi connectivity index (χ3v) is 11.3. The van der Waals surface area contributed by atoms with E-state index in [0.29, 0.717) is 0 Å². The van der Waals surface area contributed by atoms with Gasteiger partial charge < -0.3 is 18.9 Å². The van der Waals surface area contributed by atoms with Crippen LogP contribution in [0.2, 0.25) is 0 Å². The summed E-state index contributed by atoms with van der Waals surface area (Å²) < 4.78 is 31.8. The summed E-state index contributed by atoms with van der Waals surface area (Å²) in [6, 6.07) is 35.7. The lowest BCUT2D eigenvalue weighted by molar-refractivity contribution is -0.720. The lowest BCUT2D eigenvalue weighted by Gasteiger charge is -2.00. The van der Waals surface area contributed by atoms with E-state index in [1.54, 1.807) is 0 Å². The molecule has 0 bridgehead atoms. The summed E-state index contributed by atoms with van der Waals surface area (Å²) in [7, 11) is 0. The van der Waals surface area contributed by atoms with Crippen molar-refractivity contribution >= 4 is 43.6 Å². The molecule has 8 heteroatoms. The Labute approximate surface area is 327 Å². The van der Waals surface area contributed by atoms with E-state index in [9.17, 15) is 0 Å². The topological polar surface area (TPSA) is 52.4 Å². The maximum Gasteiger partial charge on any atom is 0.299 e. The van der Waals surface area contributed by atoms with E-state index in [-0.39, 0.29) is 24.9 Å². The molecule has 280 valence electrons. The minimum absolute atomic E-state index is 0.120. The lowest BCUT2D eigenvalue weighted by atomic mass is 10.1. The standard InChI is InChI=1S/4C12H12NO/c1-8-5-6-11-12-10(8)4-3-7-13(12)9(2)14-11;1-8-5-6-10-4-3-7-13-9(2)14-12(8)11(10)13;1-8-6-7-13-9(2)14-11-5-3-4-10(8)12(11)13;1-8-6-7-10-4-3-5-11-12(10)13(8)9(2)14-11/h4*3-7,9H,1-2H3/q4*+1. The SMILES string of the molecule is Cc1cc[n+]2c3c(cccc13)OC2C.Cc1ccc2c3c1ccc[n+]3C(C)O2.Cc1ccc2ccc[n+]3c2c1OC3C.Cc1ccc2cccc3c2[n+]1C(C)O3. The number of hydrogen-bond acceptors (Lipinski definition) is 4. The zero-order valence-corrected chi connectivity index (χ0v) is 33.3. The van der Waals surface area contributed by atoms with E-state index in [1.165, 1.54) is 66.0 Å². The molecule has 0 saturated heterocycles. The van der Waals surface area contributed by atoms with Crippen LogP contribution in [0.25, 0.3) is 43.6 Å². The molecule has 56 heavy (non-hydrogen) atoms. The van der Waals surface area contributed by atoms with Crippen LogP contribution in [0.15, 0.2) is 122 Å². The molecule has 4 aliphatic heterocycles. The monoisotopic (exact) mass is 744 g/mol. The number of rotatable bonds is 0. The Bertz CT molecular complexity index is 2780. The van der Waals surface area contributed by atoms with Gasteiger partial charge in [0.25, 0.3) is 47.0 Å². The van der Waals surface area contributed by atoms with Crippen molar-refractivity contribution in [3.63, 3.8) is 0 Å². The highest BCUT2D eigenvalue weighted by Crippen LogP contribution is 2.35. The fourth-order valence-electron chi connectivity index (χ4n) is 8.49. The minimum atomic E-state index is 0.120. The van der Waals surface area contributed by atoms with Gasteiger partial charge in [-0.2, -0.15) is 18.3 Å². The second-order valence-corrected chi connectivity index (χ2v) is 15.1. The predicted molar refractivity (Wildman–Crippen MR) is 217 cm³/mol. The number of aromatic nitrogens is 4. The number of pyridine rings is 4. The van der Waals surface area contributed by atoms with Crippen molar-refractivity contribution in [3.05, 3.63) is 144 Å². The number of nitrogens with zero attached hydrogens (tertiary/aromatic N) is 4. The van der Waals surface area contributed by atoms with Gasteiger partial charge in [0.1, 0.15) is 0 Å². The molecular weight excluding hydrogens is 697 g/mol. The zero-order chi connectivity index (χ0) is 38.8. The van der Waals surface area contributed by atoms with Crippen LogP contribution < -0.4 is 37.2 Å². The smallest absolute Gasteiger partial charge is 0.299 e. The summed E-state index contributed by atoms with van der Waals surface area (Å²) in [6.07, 6.45) is 6.72. The summed E-state index contributed by atoms with van der Waals surface area (Å²) >= 11 is 0. The Morgan fingerprint density at radius 1 is 0.393 bits per heavy atom. The van der Waals surface area contributed by atoms with Crippen LogP contribution in [0, 0.1) is 27.7 Å². The Kier molecular flexibility index (Phi) is 8.72. The summed E-state index contributed by atoms with van der Waals surface area (Å²) in [5.41, 5.74) is 9.95. The third kappa shape index (κ3) is 5.83. The van der Waals surface area contributed by atoms with Crippen molar-refractivity contribution < 1.29 is 37.2 Å². The molecule has 0 N–H and O–H groups in total. The normalized spacial score (nSPS) is 18.6. The first-order valence-electron chi connectivity index (χ1n) is 19.5. The summed E-state index contributed by atoms with van der Waals surface area (Å²) in [6.45, 7) is 16.7. The highest BCUT2D eigenvalue weighted by molar-refractivity contribution is 5.86. The first kappa shape index (κ1) is 35.4. The van der Waals surface area contributed by atoms with Crippen molar-refractivity contribution in [2.75, 3.05) is 0 Å². The third-order valence-electron chi connectivity index (χ3n) is 11.3. The molecule has 4 aromatic heterocycles. The second-order valence-electron chi connectivity index (χ2n) is 15.1. The minimum Gasteiger partial charge on any atom is -0.427 e. The van der Waals surface area contributed by atoms with Gasteiger partial charge in [-0.3, -0.25) is 0 Å². The van der Waals surface area contributed by atoms with Crippen molar-refractivity contribution in [1.29, 1.82) is 0 Å². The van der Waals surface area contributed by atoms with E-state index in [2.05, 4.69) is 171 Å². The highest BCUT2D eigenvalue weighted by Gasteiger charge is 2.33. The maximum atomic E-state index is 5.82. The number of hydrogen-bond donors (Lipinski definition) is 0. The van der Waals surface area contributed by atoms with Gasteiger partial charge in [0.15, 0.2) is 41.5 Å². The van der Waals surface area contributed by atoms with Gasteiger partial charge in [-0.15, -0.1) is 0 Å². The molecule has 8 heterocycles. The van der Waals surface area contributed by atoms with Crippen LogP contribution >= 0.6 is 0 Å². The van der Waals surface area contributed by atoms with Crippen molar-refractivity contribution in [2.24, 2.45) is 0 Å². The number of benzene rings is 4. The molecule has 0 aliphatic carbocycles. The molecule has 8 nitrogen and oxygen atoms in total. The molecule has 12 rings (SSSR count). The molecule has 0 saturated carbocycles. The van der Waals surface area contributed by atoms with Gasteiger partial charge in [-0.1, -0.05) is 24.3 Å². The molecule has 4 aromatic carbocycles. The molecule has 4 atom stereocenters. The maximum absolute atomic E-state index is 5.82. The van der Waals surface area contributed by atoms with Crippen LogP contribution in [0.4, 0.5) is 0 Å². The highest BCUT2D eigenvalue weighted by atomic mass is 16.5. The van der Waals surface area contributed by atoms with Gasteiger partial charge in [0.05, 0.1) is 21.5 Å². The Morgan fingerprint density at radius 3 is 1.64 bits per heavy atom. The number of ether oxygens (including phenoxy) is 4. The molecular formula is C48H48N4O4+4. The largest absolute Gasteiger partial charge is 0.427 e. The van der Waals surface area contributed by atoms with E-state index < -0.39 is 0 Å². The van der Waals surface area contributed by atoms with Crippen molar-refractivity contribution in [1.82, 2.24) is 0 Å². The van der Waals surface area contributed by atoms with Crippen molar-refractivity contribution in [3.8, 4) is 23.0 Å². The fourth-order valence-corrected chi connectivity index (χ4v) is 8.49. The number of aryl methyl sites for hydroxylation is 4. The average molecular weight is 745 g/mol.